The zero-order valence-electron chi connectivity index (χ0n) is 9.74. The molecule has 0 aromatic heterocycles. The Labute approximate surface area is 91.0 Å². The minimum absolute atomic E-state index is 0.264. The van der Waals surface area contributed by atoms with Crippen LogP contribution in [0.2, 0.25) is 0 Å². The third-order valence-electron chi connectivity index (χ3n) is 3.09. The van der Waals surface area contributed by atoms with Crippen molar-refractivity contribution in [3.8, 4) is 0 Å². The number of benzene rings is 1. The van der Waals surface area contributed by atoms with E-state index in [1.807, 2.05) is 38.1 Å². The van der Waals surface area contributed by atoms with E-state index < -0.39 is 5.54 Å². The zero-order valence-corrected chi connectivity index (χ0v) is 9.74. The van der Waals surface area contributed by atoms with Crippen LogP contribution < -0.4 is 0 Å². The van der Waals surface area contributed by atoms with Gasteiger partial charge in [0.15, 0.2) is 0 Å². The SMILES string of the molecule is Cc1ccccc1C(C)(N=C=O)C(C)C. The summed E-state index contributed by atoms with van der Waals surface area (Å²) in [5.74, 6) is 0.264. The molecule has 2 heteroatoms. The molecule has 0 bridgehead atoms. The van der Waals surface area contributed by atoms with Gasteiger partial charge < -0.3 is 0 Å². The first-order valence-corrected chi connectivity index (χ1v) is 5.17. The average Bonchev–Trinajstić information content (AvgIpc) is 2.18. The molecule has 0 aliphatic heterocycles. The van der Waals surface area contributed by atoms with Crippen LogP contribution in [0.25, 0.3) is 0 Å². The van der Waals surface area contributed by atoms with Crippen LogP contribution in [0, 0.1) is 12.8 Å². The summed E-state index contributed by atoms with van der Waals surface area (Å²) in [6.07, 6.45) is 1.69. The Morgan fingerprint density at radius 2 is 1.93 bits per heavy atom. The predicted molar refractivity (Wildman–Crippen MR) is 61.5 cm³/mol. The zero-order chi connectivity index (χ0) is 11.5. The van der Waals surface area contributed by atoms with E-state index in [-0.39, 0.29) is 5.92 Å². The molecule has 0 radical (unpaired) electrons. The second kappa shape index (κ2) is 4.41. The third kappa shape index (κ3) is 2.16. The van der Waals surface area contributed by atoms with E-state index in [1.165, 1.54) is 0 Å². The number of aliphatic imine (C=N–C) groups is 1. The van der Waals surface area contributed by atoms with Crippen molar-refractivity contribution in [2.24, 2.45) is 10.9 Å². The van der Waals surface area contributed by atoms with E-state index in [2.05, 4.69) is 18.8 Å². The Bertz CT molecular complexity index is 391. The third-order valence-corrected chi connectivity index (χ3v) is 3.09. The van der Waals surface area contributed by atoms with Crippen LogP contribution in [0.4, 0.5) is 0 Å². The van der Waals surface area contributed by atoms with Gasteiger partial charge in [-0.2, -0.15) is 4.99 Å². The van der Waals surface area contributed by atoms with Gasteiger partial charge in [0.1, 0.15) is 0 Å². The first-order valence-electron chi connectivity index (χ1n) is 5.17. The molecule has 1 aromatic carbocycles. The van der Waals surface area contributed by atoms with Gasteiger partial charge in [-0.15, -0.1) is 0 Å². The monoisotopic (exact) mass is 203 g/mol. The van der Waals surface area contributed by atoms with E-state index >= 15 is 0 Å². The molecule has 0 spiro atoms. The fraction of sp³-hybridized carbons (Fsp3) is 0.462. The molecule has 0 N–H and O–H groups in total. The first-order chi connectivity index (χ1) is 7.02. The van der Waals surface area contributed by atoms with Gasteiger partial charge in [0.05, 0.1) is 5.54 Å². The number of isocyanates is 1. The molecule has 0 aliphatic carbocycles. The molecular formula is C13H17NO. The molecule has 1 rings (SSSR count). The minimum atomic E-state index is -0.465. The van der Waals surface area contributed by atoms with Crippen LogP contribution in [-0.2, 0) is 10.3 Å². The number of aryl methyl sites for hydroxylation is 1. The Kier molecular flexibility index (Phi) is 3.43. The molecule has 1 atom stereocenters. The fourth-order valence-electron chi connectivity index (χ4n) is 1.74. The summed E-state index contributed by atoms with van der Waals surface area (Å²) in [4.78, 5) is 14.5. The highest BCUT2D eigenvalue weighted by molar-refractivity contribution is 5.40. The van der Waals surface area contributed by atoms with Crippen LogP contribution >= 0.6 is 0 Å². The maximum atomic E-state index is 10.5. The summed E-state index contributed by atoms with van der Waals surface area (Å²) in [7, 11) is 0. The lowest BCUT2D eigenvalue weighted by Gasteiger charge is -2.29. The largest absolute Gasteiger partial charge is 0.235 e. The molecular weight excluding hydrogens is 186 g/mol. The molecule has 15 heavy (non-hydrogen) atoms. The lowest BCUT2D eigenvalue weighted by atomic mass is 9.80. The van der Waals surface area contributed by atoms with Crippen LogP contribution in [-0.4, -0.2) is 6.08 Å². The van der Waals surface area contributed by atoms with Crippen molar-refractivity contribution in [3.05, 3.63) is 35.4 Å². The molecule has 0 saturated carbocycles. The molecule has 0 fully saturated rings. The van der Waals surface area contributed by atoms with Gasteiger partial charge in [-0.25, -0.2) is 4.79 Å². The summed E-state index contributed by atoms with van der Waals surface area (Å²) in [6.45, 7) is 8.14. The number of nitrogens with zero attached hydrogens (tertiary/aromatic N) is 1. The van der Waals surface area contributed by atoms with Crippen molar-refractivity contribution in [3.63, 3.8) is 0 Å². The Morgan fingerprint density at radius 1 is 1.33 bits per heavy atom. The summed E-state index contributed by atoms with van der Waals surface area (Å²) in [6, 6.07) is 8.03. The van der Waals surface area contributed by atoms with Gasteiger partial charge in [0, 0.05) is 0 Å². The van der Waals surface area contributed by atoms with E-state index in [4.69, 9.17) is 0 Å². The molecule has 2 nitrogen and oxygen atoms in total. The lowest BCUT2D eigenvalue weighted by molar-refractivity contribution is 0.350. The van der Waals surface area contributed by atoms with E-state index in [1.54, 1.807) is 6.08 Å². The molecule has 1 unspecified atom stereocenters. The lowest BCUT2D eigenvalue weighted by Crippen LogP contribution is -2.27. The quantitative estimate of drug-likeness (QED) is 0.548. The van der Waals surface area contributed by atoms with Crippen molar-refractivity contribution >= 4 is 6.08 Å². The number of hydrogen-bond donors (Lipinski definition) is 0. The smallest absolute Gasteiger partial charge is 0.211 e. The summed E-state index contributed by atoms with van der Waals surface area (Å²) >= 11 is 0. The van der Waals surface area contributed by atoms with Crippen molar-refractivity contribution in [1.82, 2.24) is 0 Å². The van der Waals surface area contributed by atoms with Gasteiger partial charge in [-0.1, -0.05) is 38.1 Å². The molecule has 1 aromatic rings. The predicted octanol–water partition coefficient (Wildman–Crippen LogP) is 3.20. The van der Waals surface area contributed by atoms with Gasteiger partial charge >= 0.3 is 0 Å². The maximum Gasteiger partial charge on any atom is 0.235 e. The standard InChI is InChI=1S/C13H17NO/c1-10(2)13(4,14-9-15)12-8-6-5-7-11(12)3/h5-8,10H,1-4H3. The molecule has 0 heterocycles. The van der Waals surface area contributed by atoms with Crippen molar-refractivity contribution in [2.75, 3.05) is 0 Å². The van der Waals surface area contributed by atoms with E-state index in [9.17, 15) is 4.79 Å². The van der Waals surface area contributed by atoms with Crippen LogP contribution in [0.5, 0.6) is 0 Å². The van der Waals surface area contributed by atoms with Crippen molar-refractivity contribution in [2.45, 2.75) is 33.2 Å². The normalized spacial score (nSPS) is 14.5. The summed E-state index contributed by atoms with van der Waals surface area (Å²) < 4.78 is 0. The molecule has 80 valence electrons. The maximum absolute atomic E-state index is 10.5. The van der Waals surface area contributed by atoms with E-state index in [0.717, 1.165) is 11.1 Å². The molecule has 0 aliphatic rings. The summed E-state index contributed by atoms with van der Waals surface area (Å²) in [5.41, 5.74) is 1.80. The highest BCUT2D eigenvalue weighted by Gasteiger charge is 2.31. The molecule has 0 saturated heterocycles. The minimum Gasteiger partial charge on any atom is -0.211 e. The van der Waals surface area contributed by atoms with Crippen molar-refractivity contribution in [1.29, 1.82) is 0 Å². The van der Waals surface area contributed by atoms with Gasteiger partial charge in [-0.05, 0) is 30.9 Å². The Morgan fingerprint density at radius 3 is 2.40 bits per heavy atom. The number of hydrogen-bond acceptors (Lipinski definition) is 2. The first kappa shape index (κ1) is 11.7. The topological polar surface area (TPSA) is 29.4 Å². The van der Waals surface area contributed by atoms with Gasteiger partial charge in [0.25, 0.3) is 0 Å². The van der Waals surface area contributed by atoms with Crippen LogP contribution in [0.15, 0.2) is 29.3 Å². The van der Waals surface area contributed by atoms with Gasteiger partial charge in [-0.3, -0.25) is 0 Å². The Hall–Kier alpha value is -1.40. The second-order valence-corrected chi connectivity index (χ2v) is 4.32. The van der Waals surface area contributed by atoms with Crippen LogP contribution in [0.3, 0.4) is 0 Å². The van der Waals surface area contributed by atoms with Crippen molar-refractivity contribution < 1.29 is 4.79 Å². The number of rotatable bonds is 3. The average molecular weight is 203 g/mol. The van der Waals surface area contributed by atoms with E-state index in [0.29, 0.717) is 0 Å². The highest BCUT2D eigenvalue weighted by atomic mass is 16.1. The highest BCUT2D eigenvalue weighted by Crippen LogP contribution is 2.34. The summed E-state index contributed by atoms with van der Waals surface area (Å²) in [5, 5.41) is 0. The van der Waals surface area contributed by atoms with Crippen LogP contribution in [0.1, 0.15) is 31.9 Å². The fourth-order valence-corrected chi connectivity index (χ4v) is 1.74. The molecule has 0 amide bonds. The second-order valence-electron chi connectivity index (χ2n) is 4.32. The number of carbonyl (C=O) groups excluding carboxylic acids is 1. The van der Waals surface area contributed by atoms with Gasteiger partial charge in [0.2, 0.25) is 6.08 Å². The Balaban J connectivity index is 3.34.